The zero-order valence-corrected chi connectivity index (χ0v) is 8.78. The molecule has 15 heavy (non-hydrogen) atoms. The highest BCUT2D eigenvalue weighted by molar-refractivity contribution is 5.31. The van der Waals surface area contributed by atoms with Gasteiger partial charge in [-0.05, 0) is 12.1 Å². The molecular formula is C11H16N3O. The second-order valence-electron chi connectivity index (χ2n) is 3.51. The highest BCUT2D eigenvalue weighted by Crippen LogP contribution is 1.99. The Bertz CT molecular complexity index is 272. The van der Waals surface area contributed by atoms with Crippen molar-refractivity contribution in [1.82, 2.24) is 9.88 Å². The second-order valence-corrected chi connectivity index (χ2v) is 3.51. The predicted molar refractivity (Wildman–Crippen MR) is 58.8 cm³/mol. The van der Waals surface area contributed by atoms with Crippen LogP contribution in [-0.4, -0.2) is 49.3 Å². The fourth-order valence-corrected chi connectivity index (χ4v) is 1.58. The summed E-state index contributed by atoms with van der Waals surface area (Å²) in [6.45, 7) is 5.73. The van der Waals surface area contributed by atoms with Crippen LogP contribution in [0.3, 0.4) is 0 Å². The first kappa shape index (κ1) is 10.4. The zero-order valence-electron chi connectivity index (χ0n) is 8.78. The van der Waals surface area contributed by atoms with Gasteiger partial charge in [0.15, 0.2) is 0 Å². The lowest BCUT2D eigenvalue weighted by atomic mass is 10.4. The summed E-state index contributed by atoms with van der Waals surface area (Å²) >= 11 is 0. The Labute approximate surface area is 90.3 Å². The number of nitrogens with one attached hydrogen (secondary N) is 1. The standard InChI is InChI=1S/C11H16N3O/c1-2-4-12-11(3-1)13-5-6-14-7-9-15-10-8-14/h1-2,4H,5-10H2,(H,12,13). The maximum Gasteiger partial charge on any atom is 0.133 e. The summed E-state index contributed by atoms with van der Waals surface area (Å²) in [6, 6.07) is 6.77. The minimum Gasteiger partial charge on any atom is -0.379 e. The van der Waals surface area contributed by atoms with E-state index in [9.17, 15) is 0 Å². The molecule has 1 fully saturated rings. The topological polar surface area (TPSA) is 37.4 Å². The van der Waals surface area contributed by atoms with Crippen molar-refractivity contribution in [3.8, 4) is 0 Å². The number of morpholine rings is 1. The Morgan fingerprint density at radius 1 is 1.47 bits per heavy atom. The second kappa shape index (κ2) is 5.68. The van der Waals surface area contributed by atoms with Gasteiger partial charge in [0, 0.05) is 38.4 Å². The van der Waals surface area contributed by atoms with E-state index in [0.717, 1.165) is 45.2 Å². The molecule has 0 aromatic carbocycles. The van der Waals surface area contributed by atoms with Crippen LogP contribution in [0.4, 0.5) is 5.82 Å². The van der Waals surface area contributed by atoms with Crippen molar-refractivity contribution in [2.45, 2.75) is 0 Å². The van der Waals surface area contributed by atoms with Gasteiger partial charge < -0.3 is 10.1 Å². The van der Waals surface area contributed by atoms with E-state index in [1.54, 1.807) is 6.20 Å². The Morgan fingerprint density at radius 3 is 3.07 bits per heavy atom. The average Bonchev–Trinajstić information content (AvgIpc) is 2.32. The maximum atomic E-state index is 5.28. The molecule has 1 aliphatic heterocycles. The number of pyridine rings is 1. The molecule has 2 heterocycles. The van der Waals surface area contributed by atoms with Crippen molar-refractivity contribution < 1.29 is 4.74 Å². The molecule has 1 aliphatic rings. The number of aromatic nitrogens is 1. The van der Waals surface area contributed by atoms with E-state index in [2.05, 4.69) is 21.3 Å². The van der Waals surface area contributed by atoms with E-state index in [1.165, 1.54) is 0 Å². The number of nitrogens with zero attached hydrogens (tertiary/aromatic N) is 2. The molecule has 4 nitrogen and oxygen atoms in total. The average molecular weight is 206 g/mol. The minimum atomic E-state index is 0.825. The molecular weight excluding hydrogens is 190 g/mol. The van der Waals surface area contributed by atoms with Crippen LogP contribution >= 0.6 is 0 Å². The molecule has 4 heteroatoms. The summed E-state index contributed by atoms with van der Waals surface area (Å²) in [5, 5.41) is 3.24. The quantitative estimate of drug-likeness (QED) is 0.784. The molecule has 0 atom stereocenters. The van der Waals surface area contributed by atoms with Crippen LogP contribution in [0.1, 0.15) is 0 Å². The minimum absolute atomic E-state index is 0.825. The third kappa shape index (κ3) is 3.49. The van der Waals surface area contributed by atoms with Crippen LogP contribution in [0.25, 0.3) is 0 Å². The molecule has 1 N–H and O–H groups in total. The number of anilines is 1. The summed E-state index contributed by atoms with van der Waals surface area (Å²) in [6.07, 6.45) is 1.77. The van der Waals surface area contributed by atoms with E-state index < -0.39 is 0 Å². The zero-order chi connectivity index (χ0) is 10.3. The smallest absolute Gasteiger partial charge is 0.133 e. The van der Waals surface area contributed by atoms with Crippen molar-refractivity contribution in [2.24, 2.45) is 0 Å². The van der Waals surface area contributed by atoms with Gasteiger partial charge in [0.1, 0.15) is 5.82 Å². The van der Waals surface area contributed by atoms with Gasteiger partial charge in [-0.3, -0.25) is 4.90 Å². The van der Waals surface area contributed by atoms with Crippen molar-refractivity contribution in [3.05, 3.63) is 24.4 Å². The number of ether oxygens (including phenoxy) is 1. The number of hydrogen-bond donors (Lipinski definition) is 1. The molecule has 1 saturated heterocycles. The van der Waals surface area contributed by atoms with Crippen molar-refractivity contribution in [3.63, 3.8) is 0 Å². The van der Waals surface area contributed by atoms with Gasteiger partial charge in [-0.1, -0.05) is 0 Å². The first-order chi connectivity index (χ1) is 7.45. The fourth-order valence-electron chi connectivity index (χ4n) is 1.58. The molecule has 0 spiro atoms. The van der Waals surface area contributed by atoms with Gasteiger partial charge in [0.2, 0.25) is 0 Å². The van der Waals surface area contributed by atoms with Gasteiger partial charge in [-0.2, -0.15) is 0 Å². The van der Waals surface area contributed by atoms with Crippen LogP contribution in [0.15, 0.2) is 18.3 Å². The highest BCUT2D eigenvalue weighted by Gasteiger charge is 2.08. The highest BCUT2D eigenvalue weighted by atomic mass is 16.5. The van der Waals surface area contributed by atoms with E-state index in [1.807, 2.05) is 12.1 Å². The van der Waals surface area contributed by atoms with Crippen LogP contribution < -0.4 is 5.32 Å². The lowest BCUT2D eigenvalue weighted by molar-refractivity contribution is 0.0398. The normalized spacial score (nSPS) is 17.6. The molecule has 2 rings (SSSR count). The summed E-state index contributed by atoms with van der Waals surface area (Å²) in [5.41, 5.74) is 0. The largest absolute Gasteiger partial charge is 0.379 e. The molecule has 1 aromatic heterocycles. The third-order valence-electron chi connectivity index (χ3n) is 2.43. The van der Waals surface area contributed by atoms with Crippen molar-refractivity contribution in [1.29, 1.82) is 0 Å². The SMILES string of the molecule is [c]1cccnc1NCCN1CCOCC1. The lowest BCUT2D eigenvalue weighted by Crippen LogP contribution is -2.39. The van der Waals surface area contributed by atoms with E-state index in [0.29, 0.717) is 0 Å². The van der Waals surface area contributed by atoms with E-state index in [4.69, 9.17) is 4.74 Å². The molecule has 0 bridgehead atoms. The van der Waals surface area contributed by atoms with Crippen LogP contribution in [0.5, 0.6) is 0 Å². The maximum absolute atomic E-state index is 5.28. The van der Waals surface area contributed by atoms with Gasteiger partial charge in [-0.25, -0.2) is 4.98 Å². The van der Waals surface area contributed by atoms with Crippen molar-refractivity contribution in [2.75, 3.05) is 44.7 Å². The van der Waals surface area contributed by atoms with Gasteiger partial charge in [-0.15, -0.1) is 0 Å². The molecule has 1 radical (unpaired) electrons. The van der Waals surface area contributed by atoms with Gasteiger partial charge >= 0.3 is 0 Å². The van der Waals surface area contributed by atoms with Crippen LogP contribution in [-0.2, 0) is 4.74 Å². The summed E-state index contributed by atoms with van der Waals surface area (Å²) < 4.78 is 5.28. The van der Waals surface area contributed by atoms with Gasteiger partial charge in [0.05, 0.1) is 13.2 Å². The molecule has 81 valence electrons. The molecule has 0 amide bonds. The fraction of sp³-hybridized carbons (Fsp3) is 0.545. The molecule has 0 saturated carbocycles. The predicted octanol–water partition coefficient (Wildman–Crippen LogP) is 0.626. The van der Waals surface area contributed by atoms with Crippen molar-refractivity contribution >= 4 is 5.82 Å². The summed E-state index contributed by atoms with van der Waals surface area (Å²) in [5.74, 6) is 0.825. The Morgan fingerprint density at radius 2 is 2.33 bits per heavy atom. The molecule has 0 aliphatic carbocycles. The third-order valence-corrected chi connectivity index (χ3v) is 2.43. The monoisotopic (exact) mass is 206 g/mol. The Balaban J connectivity index is 1.66. The summed E-state index contributed by atoms with van der Waals surface area (Å²) in [4.78, 5) is 6.54. The Kier molecular flexibility index (Phi) is 3.93. The van der Waals surface area contributed by atoms with Crippen LogP contribution in [0.2, 0.25) is 0 Å². The van der Waals surface area contributed by atoms with E-state index in [-0.39, 0.29) is 0 Å². The molecule has 0 unspecified atom stereocenters. The summed E-state index contributed by atoms with van der Waals surface area (Å²) in [7, 11) is 0. The van der Waals surface area contributed by atoms with Crippen LogP contribution in [0, 0.1) is 6.07 Å². The van der Waals surface area contributed by atoms with E-state index >= 15 is 0 Å². The number of rotatable bonds is 4. The first-order valence-corrected chi connectivity index (χ1v) is 5.32. The number of hydrogen-bond acceptors (Lipinski definition) is 4. The first-order valence-electron chi connectivity index (χ1n) is 5.32. The molecule has 1 aromatic rings. The lowest BCUT2D eigenvalue weighted by Gasteiger charge is -2.26. The van der Waals surface area contributed by atoms with Gasteiger partial charge in [0.25, 0.3) is 0 Å². The Hall–Kier alpha value is -1.13.